The Morgan fingerprint density at radius 3 is 2.65 bits per heavy atom. The fourth-order valence-corrected chi connectivity index (χ4v) is 3.12. The third-order valence-corrected chi connectivity index (χ3v) is 4.50. The van der Waals surface area contributed by atoms with Crippen molar-refractivity contribution in [1.82, 2.24) is 0 Å². The number of carbonyl (C=O) groups is 2. The first-order chi connectivity index (χ1) is 12.4. The second kappa shape index (κ2) is 6.95. The lowest BCUT2D eigenvalue weighted by molar-refractivity contribution is -0.384. The molecule has 0 fully saturated rings. The minimum Gasteiger partial charge on any atom is -0.368 e. The Labute approximate surface area is 150 Å². The van der Waals surface area contributed by atoms with Crippen molar-refractivity contribution in [3.8, 4) is 0 Å². The maximum Gasteiger partial charge on any atom is 0.293 e. The van der Waals surface area contributed by atoms with E-state index in [0.29, 0.717) is 6.54 Å². The molecule has 2 aromatic rings. The van der Waals surface area contributed by atoms with E-state index in [4.69, 9.17) is 0 Å². The molecule has 1 amide bonds. The number of hydrogen-bond acceptors (Lipinski definition) is 5. The Morgan fingerprint density at radius 1 is 1.23 bits per heavy atom. The molecule has 7 heteroatoms. The van der Waals surface area contributed by atoms with Gasteiger partial charge < -0.3 is 10.2 Å². The third kappa shape index (κ3) is 3.28. The summed E-state index contributed by atoms with van der Waals surface area (Å²) in [6.45, 7) is 3.62. The molecule has 134 valence electrons. The van der Waals surface area contributed by atoms with Crippen LogP contribution in [0.3, 0.4) is 0 Å². The molecule has 1 aliphatic heterocycles. The number of hydrogen-bond donors (Lipinski definition) is 1. The lowest BCUT2D eigenvalue weighted by atomic mass is 10.1. The Kier molecular flexibility index (Phi) is 4.71. The van der Waals surface area contributed by atoms with Gasteiger partial charge in [0, 0.05) is 23.9 Å². The van der Waals surface area contributed by atoms with Gasteiger partial charge in [0.1, 0.15) is 11.7 Å². The van der Waals surface area contributed by atoms with Crippen LogP contribution < -0.4 is 10.2 Å². The van der Waals surface area contributed by atoms with Gasteiger partial charge in [0.2, 0.25) is 5.91 Å². The maximum absolute atomic E-state index is 12.8. The van der Waals surface area contributed by atoms with E-state index < -0.39 is 11.0 Å². The first-order valence-corrected chi connectivity index (χ1v) is 8.33. The van der Waals surface area contributed by atoms with Crippen LogP contribution in [0, 0.1) is 10.1 Å². The highest BCUT2D eigenvalue weighted by molar-refractivity contribution is 6.00. The highest BCUT2D eigenvalue weighted by Gasteiger charge is 2.29. The number of nitro benzene ring substituents is 1. The molecule has 7 nitrogen and oxygen atoms in total. The summed E-state index contributed by atoms with van der Waals surface area (Å²) in [6, 6.07) is 11.3. The van der Waals surface area contributed by atoms with E-state index >= 15 is 0 Å². The molecule has 0 saturated heterocycles. The van der Waals surface area contributed by atoms with E-state index in [9.17, 15) is 19.7 Å². The third-order valence-electron chi connectivity index (χ3n) is 4.50. The Hall–Kier alpha value is -3.22. The van der Waals surface area contributed by atoms with Gasteiger partial charge in [-0.1, -0.05) is 18.2 Å². The zero-order valence-electron chi connectivity index (χ0n) is 14.6. The van der Waals surface area contributed by atoms with Crippen LogP contribution in [0.25, 0.3) is 0 Å². The van der Waals surface area contributed by atoms with Gasteiger partial charge in [-0.2, -0.15) is 0 Å². The van der Waals surface area contributed by atoms with Crippen molar-refractivity contribution in [3.05, 3.63) is 63.7 Å². The standard InChI is InChI=1S/C19H19N3O4/c1-12(19(24)21-10-9-14-5-3-4-6-17(14)21)20-16-8-7-15(13(2)23)11-18(16)22(25)26/h3-8,11-12,20H,9-10H2,1-2H3. The van der Waals surface area contributed by atoms with Gasteiger partial charge in [0.15, 0.2) is 5.78 Å². The quantitative estimate of drug-likeness (QED) is 0.506. The van der Waals surface area contributed by atoms with Crippen molar-refractivity contribution in [1.29, 1.82) is 0 Å². The van der Waals surface area contributed by atoms with Crippen LogP contribution in [0.15, 0.2) is 42.5 Å². The molecule has 1 N–H and O–H groups in total. The number of nitro groups is 1. The molecule has 0 spiro atoms. The first-order valence-electron chi connectivity index (χ1n) is 8.33. The molecule has 26 heavy (non-hydrogen) atoms. The second-order valence-corrected chi connectivity index (χ2v) is 6.28. The van der Waals surface area contributed by atoms with E-state index in [1.54, 1.807) is 11.8 Å². The Bertz CT molecular complexity index is 894. The van der Waals surface area contributed by atoms with E-state index in [-0.39, 0.29) is 28.6 Å². The molecule has 1 unspecified atom stereocenters. The van der Waals surface area contributed by atoms with Crippen LogP contribution in [-0.2, 0) is 11.2 Å². The molecule has 1 atom stereocenters. The first kappa shape index (κ1) is 17.6. The fraction of sp³-hybridized carbons (Fsp3) is 0.263. The van der Waals surface area contributed by atoms with Gasteiger partial charge in [-0.3, -0.25) is 19.7 Å². The smallest absolute Gasteiger partial charge is 0.293 e. The molecular formula is C19H19N3O4. The topological polar surface area (TPSA) is 92.6 Å². The summed E-state index contributed by atoms with van der Waals surface area (Å²) in [5.74, 6) is -0.405. The number of nitrogens with one attached hydrogen (secondary N) is 1. The van der Waals surface area contributed by atoms with Crippen molar-refractivity contribution in [2.24, 2.45) is 0 Å². The van der Waals surface area contributed by atoms with Gasteiger partial charge >= 0.3 is 0 Å². The van der Waals surface area contributed by atoms with Crippen LogP contribution >= 0.6 is 0 Å². The predicted octanol–water partition coefficient (Wildman–Crippen LogP) is 3.19. The summed E-state index contributed by atoms with van der Waals surface area (Å²) in [4.78, 5) is 36.7. The normalized spacial score (nSPS) is 13.8. The number of rotatable bonds is 5. The highest BCUT2D eigenvalue weighted by Crippen LogP contribution is 2.30. The number of benzene rings is 2. The zero-order chi connectivity index (χ0) is 18.8. The molecule has 1 aliphatic rings. The van der Waals surface area contributed by atoms with Crippen molar-refractivity contribution >= 4 is 28.8 Å². The Balaban J connectivity index is 1.82. The summed E-state index contributed by atoms with van der Waals surface area (Å²) >= 11 is 0. The number of fused-ring (bicyclic) bond motifs is 1. The lowest BCUT2D eigenvalue weighted by Gasteiger charge is -2.23. The predicted molar refractivity (Wildman–Crippen MR) is 98.7 cm³/mol. The zero-order valence-corrected chi connectivity index (χ0v) is 14.6. The molecule has 0 aromatic heterocycles. The van der Waals surface area contributed by atoms with E-state index in [0.717, 1.165) is 17.7 Å². The van der Waals surface area contributed by atoms with Crippen molar-refractivity contribution in [3.63, 3.8) is 0 Å². The molecule has 0 radical (unpaired) electrons. The van der Waals surface area contributed by atoms with Gasteiger partial charge in [-0.15, -0.1) is 0 Å². The number of amides is 1. The summed E-state index contributed by atoms with van der Waals surface area (Å²) < 4.78 is 0. The van der Waals surface area contributed by atoms with Crippen molar-refractivity contribution in [2.75, 3.05) is 16.8 Å². The summed E-state index contributed by atoms with van der Waals surface area (Å²) in [7, 11) is 0. The van der Waals surface area contributed by atoms with Gasteiger partial charge in [-0.25, -0.2) is 0 Å². The van der Waals surface area contributed by atoms with Crippen LogP contribution in [0.2, 0.25) is 0 Å². The molecule has 2 aromatic carbocycles. The molecule has 0 bridgehead atoms. The van der Waals surface area contributed by atoms with Gasteiger partial charge in [0.25, 0.3) is 5.69 Å². The number of ketones is 1. The molecule has 3 rings (SSSR count). The second-order valence-electron chi connectivity index (χ2n) is 6.28. The fourth-order valence-electron chi connectivity index (χ4n) is 3.12. The largest absolute Gasteiger partial charge is 0.368 e. The number of anilines is 2. The Morgan fingerprint density at radius 2 is 1.96 bits per heavy atom. The summed E-state index contributed by atoms with van der Waals surface area (Å²) in [6.07, 6.45) is 0.794. The van der Waals surface area contributed by atoms with Crippen LogP contribution in [0.1, 0.15) is 29.8 Å². The molecule has 0 aliphatic carbocycles. The van der Waals surface area contributed by atoms with E-state index in [1.165, 1.54) is 25.1 Å². The van der Waals surface area contributed by atoms with Crippen molar-refractivity contribution in [2.45, 2.75) is 26.3 Å². The van der Waals surface area contributed by atoms with Crippen molar-refractivity contribution < 1.29 is 14.5 Å². The number of para-hydroxylation sites is 1. The summed E-state index contributed by atoms with van der Waals surface area (Å²) in [5, 5.41) is 14.2. The minimum absolute atomic E-state index is 0.153. The molecular weight excluding hydrogens is 334 g/mol. The van der Waals surface area contributed by atoms with Crippen LogP contribution in [0.5, 0.6) is 0 Å². The number of nitrogens with zero attached hydrogens (tertiary/aromatic N) is 2. The minimum atomic E-state index is -0.650. The maximum atomic E-state index is 12.8. The average molecular weight is 353 g/mol. The number of Topliss-reactive ketones (excluding diaryl/α,β-unsaturated/α-hetero) is 1. The van der Waals surface area contributed by atoms with E-state index in [2.05, 4.69) is 5.32 Å². The SMILES string of the molecule is CC(=O)c1ccc(NC(C)C(=O)N2CCc3ccccc32)c([N+](=O)[O-])c1. The van der Waals surface area contributed by atoms with E-state index in [1.807, 2.05) is 24.3 Å². The highest BCUT2D eigenvalue weighted by atomic mass is 16.6. The monoisotopic (exact) mass is 353 g/mol. The average Bonchev–Trinajstić information content (AvgIpc) is 3.05. The van der Waals surface area contributed by atoms with Crippen LogP contribution in [-0.4, -0.2) is 29.2 Å². The lowest BCUT2D eigenvalue weighted by Crippen LogP contribution is -2.40. The summed E-state index contributed by atoms with van der Waals surface area (Å²) in [5.41, 5.74) is 2.25. The number of carbonyl (C=O) groups excluding carboxylic acids is 2. The molecule has 1 heterocycles. The molecule has 0 saturated carbocycles. The van der Waals surface area contributed by atoms with Gasteiger partial charge in [-0.05, 0) is 44.0 Å². The van der Waals surface area contributed by atoms with Crippen LogP contribution in [0.4, 0.5) is 17.1 Å². The van der Waals surface area contributed by atoms with Gasteiger partial charge in [0.05, 0.1) is 4.92 Å².